The summed E-state index contributed by atoms with van der Waals surface area (Å²) in [4.78, 5) is 13.5. The van der Waals surface area contributed by atoms with Crippen molar-refractivity contribution < 1.29 is 4.79 Å². The fourth-order valence-electron chi connectivity index (χ4n) is 1.71. The van der Waals surface area contributed by atoms with Crippen LogP contribution in [0.5, 0.6) is 0 Å². The molecular weight excluding hydrogens is 140 g/mol. The van der Waals surface area contributed by atoms with E-state index in [2.05, 4.69) is 5.32 Å². The molecule has 0 bridgehead atoms. The maximum atomic E-state index is 11.4. The van der Waals surface area contributed by atoms with Gasteiger partial charge in [-0.15, -0.1) is 0 Å². The van der Waals surface area contributed by atoms with Gasteiger partial charge < -0.3 is 10.2 Å². The van der Waals surface area contributed by atoms with E-state index in [1.165, 1.54) is 0 Å². The highest BCUT2D eigenvalue weighted by Crippen LogP contribution is 2.20. The molecule has 1 amide bonds. The Morgan fingerprint density at radius 3 is 2.64 bits per heavy atom. The maximum absolute atomic E-state index is 11.4. The summed E-state index contributed by atoms with van der Waals surface area (Å²) in [6.07, 6.45) is 1.05. The van der Waals surface area contributed by atoms with E-state index < -0.39 is 0 Å². The van der Waals surface area contributed by atoms with Crippen molar-refractivity contribution in [3.8, 4) is 0 Å². The van der Waals surface area contributed by atoms with Crippen molar-refractivity contribution in [1.29, 1.82) is 0 Å². The highest BCUT2D eigenvalue weighted by Gasteiger charge is 2.35. The lowest BCUT2D eigenvalue weighted by Crippen LogP contribution is -2.57. The van der Waals surface area contributed by atoms with E-state index in [1.54, 1.807) is 0 Å². The number of hydrogen-bond acceptors (Lipinski definition) is 2. The van der Waals surface area contributed by atoms with Gasteiger partial charge in [-0.25, -0.2) is 0 Å². The minimum Gasteiger partial charge on any atom is -0.337 e. The average Bonchev–Trinajstić information content (AvgIpc) is 2.15. The van der Waals surface area contributed by atoms with Crippen molar-refractivity contribution in [2.45, 2.75) is 19.4 Å². The van der Waals surface area contributed by atoms with Crippen LogP contribution in [-0.2, 0) is 4.79 Å². The molecular formula is C8H14N2O. The molecule has 0 aromatic rings. The Morgan fingerprint density at radius 2 is 2.27 bits per heavy atom. The number of hydrogen-bond donors (Lipinski definition) is 1. The van der Waals surface area contributed by atoms with Gasteiger partial charge >= 0.3 is 0 Å². The lowest BCUT2D eigenvalue weighted by Gasteiger charge is -2.35. The fraction of sp³-hybridized carbons (Fsp3) is 0.875. The van der Waals surface area contributed by atoms with Crippen LogP contribution in [0, 0.1) is 5.92 Å². The Bertz CT molecular complexity index is 177. The van der Waals surface area contributed by atoms with Gasteiger partial charge in [0, 0.05) is 25.6 Å². The molecule has 3 nitrogen and oxygen atoms in total. The van der Waals surface area contributed by atoms with E-state index >= 15 is 0 Å². The minimum absolute atomic E-state index is 0.274. The van der Waals surface area contributed by atoms with Crippen molar-refractivity contribution in [1.82, 2.24) is 10.2 Å². The van der Waals surface area contributed by atoms with Crippen molar-refractivity contribution in [2.24, 2.45) is 5.92 Å². The molecule has 2 aliphatic heterocycles. The molecule has 11 heavy (non-hydrogen) atoms. The monoisotopic (exact) mass is 154 g/mol. The standard InChI is InChI=1S/C8H14N2O/c1-6-2-3-10(8(6)11)7-4-9-5-7/h6-7,9H,2-5H2,1H3. The zero-order chi connectivity index (χ0) is 7.84. The average molecular weight is 154 g/mol. The molecule has 1 atom stereocenters. The lowest BCUT2D eigenvalue weighted by molar-refractivity contribution is -0.133. The quantitative estimate of drug-likeness (QED) is 0.568. The summed E-state index contributed by atoms with van der Waals surface area (Å²) >= 11 is 0. The first kappa shape index (κ1) is 7.10. The van der Waals surface area contributed by atoms with Gasteiger partial charge in [0.15, 0.2) is 0 Å². The zero-order valence-electron chi connectivity index (χ0n) is 6.84. The van der Waals surface area contributed by atoms with Crippen LogP contribution in [0.15, 0.2) is 0 Å². The highest BCUT2D eigenvalue weighted by molar-refractivity contribution is 5.80. The molecule has 1 N–H and O–H groups in total. The largest absolute Gasteiger partial charge is 0.337 e. The van der Waals surface area contributed by atoms with Crippen LogP contribution < -0.4 is 5.32 Å². The topological polar surface area (TPSA) is 32.3 Å². The van der Waals surface area contributed by atoms with Gasteiger partial charge in [-0.3, -0.25) is 4.79 Å². The van der Waals surface area contributed by atoms with E-state index in [1.807, 2.05) is 11.8 Å². The second kappa shape index (κ2) is 2.48. The number of rotatable bonds is 1. The molecule has 0 aromatic carbocycles. The Morgan fingerprint density at radius 1 is 1.55 bits per heavy atom. The van der Waals surface area contributed by atoms with Crippen LogP contribution in [0.3, 0.4) is 0 Å². The third kappa shape index (κ3) is 1.03. The molecule has 0 spiro atoms. The molecule has 1 unspecified atom stereocenters. The number of likely N-dealkylation sites (tertiary alicyclic amines) is 1. The lowest BCUT2D eigenvalue weighted by atomic mass is 10.1. The molecule has 2 heterocycles. The molecule has 2 rings (SSSR count). The summed E-state index contributed by atoms with van der Waals surface area (Å²) in [6.45, 7) is 5.00. The summed E-state index contributed by atoms with van der Waals surface area (Å²) in [6, 6.07) is 0.507. The van der Waals surface area contributed by atoms with Gasteiger partial charge in [0.25, 0.3) is 0 Å². The van der Waals surface area contributed by atoms with Gasteiger partial charge in [-0.05, 0) is 6.42 Å². The van der Waals surface area contributed by atoms with E-state index in [-0.39, 0.29) is 5.92 Å². The second-order valence-corrected chi connectivity index (χ2v) is 3.53. The molecule has 0 radical (unpaired) electrons. The van der Waals surface area contributed by atoms with E-state index in [9.17, 15) is 4.79 Å². The number of amides is 1. The summed E-state index contributed by atoms with van der Waals surface area (Å²) in [5.74, 6) is 0.632. The van der Waals surface area contributed by atoms with Crippen LogP contribution >= 0.6 is 0 Å². The van der Waals surface area contributed by atoms with Crippen molar-refractivity contribution in [3.05, 3.63) is 0 Å². The van der Waals surface area contributed by atoms with E-state index in [4.69, 9.17) is 0 Å². The molecule has 0 aliphatic carbocycles. The van der Waals surface area contributed by atoms with Gasteiger partial charge in [0.1, 0.15) is 0 Å². The van der Waals surface area contributed by atoms with E-state index in [0.717, 1.165) is 26.1 Å². The molecule has 0 aromatic heterocycles. The molecule has 3 heteroatoms. The van der Waals surface area contributed by atoms with Crippen LogP contribution in [0.4, 0.5) is 0 Å². The predicted octanol–water partition coefficient (Wildman–Crippen LogP) is -0.173. The minimum atomic E-state index is 0.274. The van der Waals surface area contributed by atoms with Gasteiger partial charge in [-0.1, -0.05) is 6.92 Å². The van der Waals surface area contributed by atoms with Crippen molar-refractivity contribution in [3.63, 3.8) is 0 Å². The molecule has 62 valence electrons. The third-order valence-corrected chi connectivity index (χ3v) is 2.71. The molecule has 2 aliphatic rings. The Labute approximate surface area is 66.8 Å². The van der Waals surface area contributed by atoms with Crippen molar-refractivity contribution in [2.75, 3.05) is 19.6 Å². The summed E-state index contributed by atoms with van der Waals surface area (Å²) in [7, 11) is 0. The number of carbonyl (C=O) groups excluding carboxylic acids is 1. The first-order chi connectivity index (χ1) is 5.29. The molecule has 2 saturated heterocycles. The molecule has 2 fully saturated rings. The first-order valence-corrected chi connectivity index (χ1v) is 4.30. The zero-order valence-corrected chi connectivity index (χ0v) is 6.84. The normalized spacial score (nSPS) is 32.6. The maximum Gasteiger partial charge on any atom is 0.225 e. The predicted molar refractivity (Wildman–Crippen MR) is 42.2 cm³/mol. The van der Waals surface area contributed by atoms with Crippen LogP contribution in [0.2, 0.25) is 0 Å². The van der Waals surface area contributed by atoms with Gasteiger partial charge in [0.05, 0.1) is 6.04 Å². The Balaban J connectivity index is 1.98. The fourth-order valence-corrected chi connectivity index (χ4v) is 1.71. The summed E-state index contributed by atoms with van der Waals surface area (Å²) in [5.41, 5.74) is 0. The Kier molecular flexibility index (Phi) is 1.60. The van der Waals surface area contributed by atoms with Crippen LogP contribution in [0.25, 0.3) is 0 Å². The van der Waals surface area contributed by atoms with Crippen LogP contribution in [-0.4, -0.2) is 36.5 Å². The summed E-state index contributed by atoms with van der Waals surface area (Å²) < 4.78 is 0. The Hall–Kier alpha value is -0.570. The van der Waals surface area contributed by atoms with Crippen molar-refractivity contribution >= 4 is 5.91 Å². The SMILES string of the molecule is CC1CCN(C2CNC2)C1=O. The number of nitrogens with zero attached hydrogens (tertiary/aromatic N) is 1. The third-order valence-electron chi connectivity index (χ3n) is 2.71. The highest BCUT2D eigenvalue weighted by atomic mass is 16.2. The van der Waals surface area contributed by atoms with E-state index in [0.29, 0.717) is 11.9 Å². The van der Waals surface area contributed by atoms with Crippen LogP contribution in [0.1, 0.15) is 13.3 Å². The first-order valence-electron chi connectivity index (χ1n) is 4.30. The summed E-state index contributed by atoms with van der Waals surface area (Å²) in [5, 5.41) is 3.18. The smallest absolute Gasteiger partial charge is 0.225 e. The van der Waals surface area contributed by atoms with Gasteiger partial charge in [0.2, 0.25) is 5.91 Å². The van der Waals surface area contributed by atoms with Gasteiger partial charge in [-0.2, -0.15) is 0 Å². The number of nitrogens with one attached hydrogen (secondary N) is 1. The second-order valence-electron chi connectivity index (χ2n) is 3.53. The number of carbonyl (C=O) groups is 1. The molecule has 0 saturated carbocycles.